The van der Waals surface area contributed by atoms with Crippen LogP contribution in [-0.2, 0) is 14.2 Å². The van der Waals surface area contributed by atoms with Gasteiger partial charge in [0.1, 0.15) is 24.4 Å². The van der Waals surface area contributed by atoms with Crippen LogP contribution in [0.2, 0.25) is 0 Å². The molecule has 0 bridgehead atoms. The number of urea groups is 1. The molecule has 0 aromatic heterocycles. The Morgan fingerprint density at radius 1 is 0.977 bits per heavy atom. The first-order chi connectivity index (χ1) is 20.5. The van der Waals surface area contributed by atoms with E-state index in [4.69, 9.17) is 42.9 Å². The van der Waals surface area contributed by atoms with Crippen molar-refractivity contribution in [2.75, 3.05) is 32.8 Å². The number of aliphatic hydroxyl groups excluding tert-OH is 4. The molecule has 2 saturated carbocycles. The van der Waals surface area contributed by atoms with Gasteiger partial charge < -0.3 is 73.9 Å². The minimum atomic E-state index is -1.53. The third-order valence-corrected chi connectivity index (χ3v) is 9.39. The summed E-state index contributed by atoms with van der Waals surface area (Å²) in [6, 6.07) is -3.70. The second kappa shape index (κ2) is 15.3. The van der Waals surface area contributed by atoms with Crippen LogP contribution in [0.25, 0.3) is 0 Å². The zero-order chi connectivity index (χ0) is 31.4. The van der Waals surface area contributed by atoms with Crippen LogP contribution in [0.5, 0.6) is 0 Å². The lowest BCUT2D eigenvalue weighted by molar-refractivity contribution is -0.306. The number of hydroxylamine groups is 2. The first kappa shape index (κ1) is 34.6. The van der Waals surface area contributed by atoms with Crippen molar-refractivity contribution >= 4 is 6.03 Å². The van der Waals surface area contributed by atoms with Crippen molar-refractivity contribution in [3.05, 3.63) is 0 Å². The van der Waals surface area contributed by atoms with Gasteiger partial charge in [0.25, 0.3) is 0 Å². The van der Waals surface area contributed by atoms with Gasteiger partial charge >= 0.3 is 6.03 Å². The molecular weight excluding hydrogens is 568 g/mol. The van der Waals surface area contributed by atoms with Gasteiger partial charge in [-0.25, -0.2) is 9.86 Å². The van der Waals surface area contributed by atoms with Crippen LogP contribution in [-0.4, -0.2) is 149 Å². The summed E-state index contributed by atoms with van der Waals surface area (Å²) in [5, 5.41) is 59.4. The lowest BCUT2D eigenvalue weighted by atomic mass is 9.72. The highest BCUT2D eigenvalue weighted by molar-refractivity contribution is 5.73. The molecule has 43 heavy (non-hydrogen) atoms. The van der Waals surface area contributed by atoms with E-state index in [9.17, 15) is 30.4 Å². The van der Waals surface area contributed by atoms with Gasteiger partial charge in [0, 0.05) is 37.1 Å². The third-order valence-electron chi connectivity index (χ3n) is 9.39. The zero-order valence-electron chi connectivity index (χ0n) is 24.4. The number of hydrogen-bond donors (Lipinski definition) is 12. The predicted octanol–water partition coefficient (Wildman–Crippen LogP) is -5.22. The van der Waals surface area contributed by atoms with Crippen molar-refractivity contribution < 1.29 is 44.6 Å². The fourth-order valence-electron chi connectivity index (χ4n) is 6.83. The van der Waals surface area contributed by atoms with Gasteiger partial charge in [-0.2, -0.15) is 0 Å². The van der Waals surface area contributed by atoms with Crippen molar-refractivity contribution in [1.29, 1.82) is 0 Å². The fourth-order valence-corrected chi connectivity index (χ4v) is 6.83. The van der Waals surface area contributed by atoms with Crippen molar-refractivity contribution in [1.82, 2.24) is 15.7 Å². The highest BCUT2D eigenvalue weighted by Crippen LogP contribution is 2.37. The number of carbonyl (C=O) groups is 1. The predicted molar refractivity (Wildman–Crippen MR) is 152 cm³/mol. The molecule has 4 rings (SSSR count). The molecule has 17 nitrogen and oxygen atoms in total. The molecule has 0 aromatic rings. The van der Waals surface area contributed by atoms with E-state index >= 15 is 0 Å². The first-order valence-electron chi connectivity index (χ1n) is 15.3. The number of carbonyl (C=O) groups excluding carboxylic acids is 1. The molecule has 0 radical (unpaired) electrons. The van der Waals surface area contributed by atoms with Crippen molar-refractivity contribution in [3.8, 4) is 0 Å². The normalized spacial score (nSPS) is 45.3. The first-order valence-corrected chi connectivity index (χ1v) is 15.3. The number of nitrogens with zero attached hydrogens (tertiary/aromatic N) is 1. The largest absolute Gasteiger partial charge is 0.394 e. The maximum atomic E-state index is 12.7. The lowest BCUT2D eigenvalue weighted by Gasteiger charge is -2.51. The smallest absolute Gasteiger partial charge is 0.341 e. The molecule has 250 valence electrons. The molecule has 17 heteroatoms. The Morgan fingerprint density at radius 3 is 2.33 bits per heavy atom. The maximum Gasteiger partial charge on any atom is 0.341 e. The molecule has 2 aliphatic carbocycles. The minimum Gasteiger partial charge on any atom is -0.394 e. The molecule has 2 amide bonds. The van der Waals surface area contributed by atoms with E-state index in [0.717, 1.165) is 32.2 Å². The summed E-state index contributed by atoms with van der Waals surface area (Å²) >= 11 is 0. The summed E-state index contributed by atoms with van der Waals surface area (Å²) in [6.45, 7) is 0.283. The van der Waals surface area contributed by atoms with E-state index in [0.29, 0.717) is 11.0 Å². The lowest BCUT2D eigenvalue weighted by Crippen LogP contribution is -2.70. The molecule has 13 atom stereocenters. The monoisotopic (exact) mass is 620 g/mol. The summed E-state index contributed by atoms with van der Waals surface area (Å²) in [5.74, 6) is -0.251. The van der Waals surface area contributed by atoms with E-state index in [-0.39, 0.29) is 44.2 Å². The maximum absolute atomic E-state index is 12.7. The van der Waals surface area contributed by atoms with Gasteiger partial charge in [-0.15, -0.1) is 0 Å². The molecule has 2 heterocycles. The van der Waals surface area contributed by atoms with Gasteiger partial charge in [0.15, 0.2) is 6.29 Å². The molecule has 4 fully saturated rings. The minimum absolute atomic E-state index is 0.00606. The van der Waals surface area contributed by atoms with Crippen LogP contribution in [0.15, 0.2) is 0 Å². The molecule has 13 unspecified atom stereocenters. The standard InChI is InChI=1S/C26H52N8O9/c27-3-4-34(40)26(39)33-16-7-14(30)18(21(37)24(16)43-25-22(38)19(31)20(36)17(10-35)42-25)23-15(2-1-13(8-28)41-23)32-9-11-5-12(29)6-11/h11-25,32,35-38,40H,1-10,27-31H2,(H,33,39). The Labute approximate surface area is 251 Å². The van der Waals surface area contributed by atoms with Crippen molar-refractivity contribution in [3.63, 3.8) is 0 Å². The zero-order valence-corrected chi connectivity index (χ0v) is 24.4. The quantitative estimate of drug-likeness (QED) is 0.0758. The average molecular weight is 621 g/mol. The second-order valence-electron chi connectivity index (χ2n) is 12.5. The topological polar surface area (TPSA) is 303 Å². The number of nitrogens with two attached hydrogens (primary N) is 5. The molecule has 0 aromatic carbocycles. The summed E-state index contributed by atoms with van der Waals surface area (Å²) in [6.07, 6.45) is -5.50. The van der Waals surface area contributed by atoms with Gasteiger partial charge in [0.2, 0.25) is 0 Å². The Kier molecular flexibility index (Phi) is 12.3. The van der Waals surface area contributed by atoms with Crippen LogP contribution in [0.3, 0.4) is 0 Å². The number of hydrogen-bond acceptors (Lipinski definition) is 15. The van der Waals surface area contributed by atoms with Gasteiger partial charge in [-0.05, 0) is 44.6 Å². The Morgan fingerprint density at radius 2 is 1.70 bits per heavy atom. The Balaban J connectivity index is 1.58. The van der Waals surface area contributed by atoms with Crippen LogP contribution in [0, 0.1) is 11.8 Å². The fraction of sp³-hybridized carbons (Fsp3) is 0.962. The summed E-state index contributed by atoms with van der Waals surface area (Å²) in [5.41, 5.74) is 30.1. The number of amides is 2. The number of rotatable bonds is 11. The van der Waals surface area contributed by atoms with Crippen LogP contribution < -0.4 is 39.3 Å². The van der Waals surface area contributed by atoms with Crippen molar-refractivity contribution in [2.24, 2.45) is 40.5 Å². The third kappa shape index (κ3) is 7.93. The average Bonchev–Trinajstić information content (AvgIpc) is 2.96. The van der Waals surface area contributed by atoms with E-state index in [2.05, 4.69) is 10.6 Å². The Hall–Kier alpha value is -1.29. The van der Waals surface area contributed by atoms with E-state index in [1.54, 1.807) is 0 Å². The van der Waals surface area contributed by atoms with Crippen LogP contribution >= 0.6 is 0 Å². The van der Waals surface area contributed by atoms with Crippen LogP contribution in [0.1, 0.15) is 32.1 Å². The number of nitrogens with one attached hydrogen (secondary N) is 2. The molecule has 0 spiro atoms. The van der Waals surface area contributed by atoms with Gasteiger partial charge in [-0.1, -0.05) is 0 Å². The van der Waals surface area contributed by atoms with Crippen LogP contribution in [0.4, 0.5) is 4.79 Å². The number of ether oxygens (including phenoxy) is 3. The van der Waals surface area contributed by atoms with Gasteiger partial charge in [0.05, 0.1) is 43.5 Å². The highest BCUT2D eigenvalue weighted by atomic mass is 16.7. The summed E-state index contributed by atoms with van der Waals surface area (Å²) in [7, 11) is 0. The van der Waals surface area contributed by atoms with Gasteiger partial charge in [-0.3, -0.25) is 5.21 Å². The van der Waals surface area contributed by atoms with E-state index in [1.165, 1.54) is 0 Å². The number of aliphatic hydroxyl groups is 4. The van der Waals surface area contributed by atoms with E-state index in [1.807, 2.05) is 0 Å². The summed E-state index contributed by atoms with van der Waals surface area (Å²) < 4.78 is 18.2. The SMILES string of the molecule is NCCN(O)C(=O)NC1CC(N)C(C2OC(CN)CCC2NCC2CC(N)C2)C(O)C1OC1OC(CO)C(O)C(N)C1O. The molecule has 2 saturated heterocycles. The molecule has 4 aliphatic rings. The molecular formula is C26H52N8O9. The molecule has 17 N–H and O–H groups in total. The molecule has 2 aliphatic heterocycles. The summed E-state index contributed by atoms with van der Waals surface area (Å²) in [4.78, 5) is 12.7. The highest BCUT2D eigenvalue weighted by Gasteiger charge is 2.53. The second-order valence-corrected chi connectivity index (χ2v) is 12.5. The Bertz CT molecular complexity index is 890. The van der Waals surface area contributed by atoms with E-state index < -0.39 is 79.6 Å². The van der Waals surface area contributed by atoms with Crippen molar-refractivity contribution in [2.45, 2.75) is 111 Å².